The van der Waals surface area contributed by atoms with E-state index in [1.54, 1.807) is 0 Å². The second-order valence-corrected chi connectivity index (χ2v) is 5.04. The van der Waals surface area contributed by atoms with Crippen LogP contribution in [0.15, 0.2) is 23.4 Å². The van der Waals surface area contributed by atoms with Crippen molar-refractivity contribution in [2.24, 2.45) is 17.4 Å². The van der Waals surface area contributed by atoms with Crippen LogP contribution in [0.5, 0.6) is 0 Å². The molecule has 0 aromatic heterocycles. The molecule has 90 valence electrons. The Morgan fingerprint density at radius 2 is 2.25 bits per heavy atom. The number of ether oxygens (including phenoxy) is 1. The van der Waals surface area contributed by atoms with Gasteiger partial charge in [0.2, 0.25) is 0 Å². The highest BCUT2D eigenvalue weighted by molar-refractivity contribution is 6.26. The van der Waals surface area contributed by atoms with Crippen LogP contribution >= 0.6 is 11.6 Å². The topological polar surface area (TPSA) is 78.3 Å². The van der Waals surface area contributed by atoms with Gasteiger partial charge in [0.15, 0.2) is 0 Å². The number of halogens is 1. The molecule has 0 aromatic rings. The Balaban J connectivity index is 2.67. The van der Waals surface area contributed by atoms with Crippen molar-refractivity contribution in [3.05, 3.63) is 23.4 Å². The molecule has 0 saturated carbocycles. The van der Waals surface area contributed by atoms with Crippen molar-refractivity contribution >= 4 is 17.6 Å². The zero-order chi connectivity index (χ0) is 12.3. The van der Waals surface area contributed by atoms with E-state index in [0.717, 1.165) is 0 Å². The third-order valence-electron chi connectivity index (χ3n) is 2.01. The predicted octanol–water partition coefficient (Wildman–Crippen LogP) is 1.25. The highest BCUT2D eigenvalue weighted by atomic mass is 35.5. The van der Waals surface area contributed by atoms with Gasteiger partial charge in [-0.1, -0.05) is 25.4 Å². The highest BCUT2D eigenvalue weighted by Gasteiger charge is 2.25. The van der Waals surface area contributed by atoms with E-state index in [4.69, 9.17) is 27.8 Å². The van der Waals surface area contributed by atoms with Crippen LogP contribution in [-0.4, -0.2) is 17.6 Å². The standard InChI is InChI=1S/C11H17ClN2O2/c1-7(2)6-16-10(15)8-3-9(13)5-11(12,14)4-8/h4-5,7H,3,6,13-14H2,1-2H3. The number of nitrogens with two attached hydrogens (primary N) is 2. The number of carbonyl (C=O) groups excluding carboxylic acids is 1. The lowest BCUT2D eigenvalue weighted by Crippen LogP contribution is -2.33. The average molecular weight is 245 g/mol. The summed E-state index contributed by atoms with van der Waals surface area (Å²) in [6.07, 6.45) is 3.34. The number of hydrogen-bond acceptors (Lipinski definition) is 4. The fourth-order valence-corrected chi connectivity index (χ4v) is 1.65. The first-order valence-corrected chi connectivity index (χ1v) is 5.52. The smallest absolute Gasteiger partial charge is 0.334 e. The predicted molar refractivity (Wildman–Crippen MR) is 63.5 cm³/mol. The molecular formula is C11H17ClN2O2. The van der Waals surface area contributed by atoms with Crippen molar-refractivity contribution < 1.29 is 9.53 Å². The highest BCUT2D eigenvalue weighted by Crippen LogP contribution is 2.25. The van der Waals surface area contributed by atoms with Crippen LogP contribution in [0.1, 0.15) is 20.3 Å². The minimum absolute atomic E-state index is 0.291. The number of alkyl halides is 1. The van der Waals surface area contributed by atoms with Crippen LogP contribution in [0.2, 0.25) is 0 Å². The summed E-state index contributed by atoms with van der Waals surface area (Å²) in [7, 11) is 0. The maximum absolute atomic E-state index is 11.6. The summed E-state index contributed by atoms with van der Waals surface area (Å²) in [5, 5.41) is 0. The largest absolute Gasteiger partial charge is 0.462 e. The summed E-state index contributed by atoms with van der Waals surface area (Å²) in [6, 6.07) is 0. The Hall–Kier alpha value is -1.00. The van der Waals surface area contributed by atoms with Crippen molar-refractivity contribution in [3.8, 4) is 0 Å². The van der Waals surface area contributed by atoms with Crippen molar-refractivity contribution in [1.82, 2.24) is 0 Å². The summed E-state index contributed by atoms with van der Waals surface area (Å²) in [4.78, 5) is 10.5. The van der Waals surface area contributed by atoms with Gasteiger partial charge in [0.1, 0.15) is 5.00 Å². The Bertz CT molecular complexity index is 346. The average Bonchev–Trinajstić information content (AvgIpc) is 2.10. The fourth-order valence-electron chi connectivity index (χ4n) is 1.38. The number of carbonyl (C=O) groups is 1. The van der Waals surface area contributed by atoms with Crippen molar-refractivity contribution in [2.75, 3.05) is 6.61 Å². The van der Waals surface area contributed by atoms with Gasteiger partial charge in [-0.3, -0.25) is 0 Å². The molecule has 0 fully saturated rings. The van der Waals surface area contributed by atoms with Crippen LogP contribution in [-0.2, 0) is 9.53 Å². The molecule has 0 aliphatic heterocycles. The molecule has 1 atom stereocenters. The molecule has 0 aromatic carbocycles. The second-order valence-electron chi connectivity index (χ2n) is 4.39. The lowest BCUT2D eigenvalue weighted by molar-refractivity contribution is -0.140. The Kier molecular flexibility index (Phi) is 3.99. The fraction of sp³-hybridized carbons (Fsp3) is 0.545. The molecule has 5 heteroatoms. The number of esters is 1. The molecule has 0 spiro atoms. The summed E-state index contributed by atoms with van der Waals surface area (Å²) in [6.45, 7) is 4.30. The van der Waals surface area contributed by atoms with E-state index in [-0.39, 0.29) is 0 Å². The van der Waals surface area contributed by atoms with Crippen molar-refractivity contribution in [3.63, 3.8) is 0 Å². The summed E-state index contributed by atoms with van der Waals surface area (Å²) >= 11 is 5.91. The van der Waals surface area contributed by atoms with Gasteiger partial charge < -0.3 is 16.2 Å². The Labute approximate surface area is 100 Å². The third-order valence-corrected chi connectivity index (χ3v) is 2.22. The van der Waals surface area contributed by atoms with Crippen LogP contribution in [0.25, 0.3) is 0 Å². The van der Waals surface area contributed by atoms with Gasteiger partial charge >= 0.3 is 5.97 Å². The molecule has 1 unspecified atom stereocenters. The first-order valence-electron chi connectivity index (χ1n) is 5.14. The van der Waals surface area contributed by atoms with E-state index in [9.17, 15) is 4.79 Å². The molecular weight excluding hydrogens is 228 g/mol. The molecule has 0 radical (unpaired) electrons. The molecule has 0 amide bonds. The lowest BCUT2D eigenvalue weighted by atomic mass is 10.00. The normalized spacial score (nSPS) is 25.1. The van der Waals surface area contributed by atoms with Crippen LogP contribution < -0.4 is 11.5 Å². The SMILES string of the molecule is CC(C)COC(=O)C1=CC(N)(Cl)C=C(N)C1. The van der Waals surface area contributed by atoms with Crippen molar-refractivity contribution in [1.29, 1.82) is 0 Å². The van der Waals surface area contributed by atoms with Crippen LogP contribution in [0.3, 0.4) is 0 Å². The van der Waals surface area contributed by atoms with Gasteiger partial charge in [0, 0.05) is 17.7 Å². The van der Waals surface area contributed by atoms with Crippen molar-refractivity contribution in [2.45, 2.75) is 25.3 Å². The molecule has 1 aliphatic carbocycles. The third kappa shape index (κ3) is 3.87. The van der Waals surface area contributed by atoms with Gasteiger partial charge in [0.25, 0.3) is 0 Å². The molecule has 1 aliphatic rings. The molecule has 0 heterocycles. The first-order chi connectivity index (χ1) is 7.30. The van der Waals surface area contributed by atoms with Crippen LogP contribution in [0, 0.1) is 5.92 Å². The van der Waals surface area contributed by atoms with Gasteiger partial charge in [-0.2, -0.15) is 0 Å². The lowest BCUT2D eigenvalue weighted by Gasteiger charge is -2.21. The van der Waals surface area contributed by atoms with E-state index < -0.39 is 11.0 Å². The molecule has 1 rings (SSSR count). The van der Waals surface area contributed by atoms with E-state index in [1.807, 2.05) is 13.8 Å². The second kappa shape index (κ2) is 4.89. The Morgan fingerprint density at radius 1 is 1.62 bits per heavy atom. The number of rotatable bonds is 3. The molecule has 4 nitrogen and oxygen atoms in total. The van der Waals surface area contributed by atoms with E-state index in [1.165, 1.54) is 12.2 Å². The van der Waals surface area contributed by atoms with E-state index in [0.29, 0.717) is 30.2 Å². The quantitative estimate of drug-likeness (QED) is 0.445. The zero-order valence-electron chi connectivity index (χ0n) is 9.50. The summed E-state index contributed by atoms with van der Waals surface area (Å²) in [5.41, 5.74) is 12.2. The van der Waals surface area contributed by atoms with Gasteiger partial charge in [-0.05, 0) is 18.1 Å². The van der Waals surface area contributed by atoms with Crippen LogP contribution in [0.4, 0.5) is 0 Å². The summed E-state index contributed by atoms with van der Waals surface area (Å²) in [5.74, 6) is -0.111. The maximum atomic E-state index is 11.6. The number of hydrogen-bond donors (Lipinski definition) is 2. The van der Waals surface area contributed by atoms with E-state index in [2.05, 4.69) is 0 Å². The molecule has 4 N–H and O–H groups in total. The summed E-state index contributed by atoms with van der Waals surface area (Å²) < 4.78 is 5.08. The van der Waals surface area contributed by atoms with Gasteiger partial charge in [-0.15, -0.1) is 0 Å². The van der Waals surface area contributed by atoms with E-state index >= 15 is 0 Å². The van der Waals surface area contributed by atoms with Gasteiger partial charge in [0.05, 0.1) is 6.61 Å². The Morgan fingerprint density at radius 3 is 2.75 bits per heavy atom. The molecule has 16 heavy (non-hydrogen) atoms. The van der Waals surface area contributed by atoms with Gasteiger partial charge in [-0.25, -0.2) is 4.79 Å². The minimum Gasteiger partial charge on any atom is -0.462 e. The minimum atomic E-state index is -1.19. The number of allylic oxidation sites excluding steroid dienone is 1. The monoisotopic (exact) mass is 244 g/mol. The molecule has 0 saturated heterocycles. The first kappa shape index (κ1) is 13.1. The zero-order valence-corrected chi connectivity index (χ0v) is 10.3. The molecule has 0 bridgehead atoms. The maximum Gasteiger partial charge on any atom is 0.334 e.